The summed E-state index contributed by atoms with van der Waals surface area (Å²) >= 11 is 0. The van der Waals surface area contributed by atoms with E-state index in [1.54, 1.807) is 0 Å². The number of unbranched alkanes of at least 4 members (excludes halogenated alkanes) is 13. The molecular formula is C28H39F7O4. The SMILES string of the molecule is CCCCCCCCCCCCCCCCOC(=O)c1ccc(C(=O)OCC(F)(F)C(F)(F)C(F)(F)F)cc1. The molecule has 0 spiro atoms. The summed E-state index contributed by atoms with van der Waals surface area (Å²) < 4.78 is 97.8. The average Bonchev–Trinajstić information content (AvgIpc) is 2.88. The first-order chi connectivity index (χ1) is 18.3. The molecular weight excluding hydrogens is 533 g/mol. The molecule has 0 aliphatic carbocycles. The summed E-state index contributed by atoms with van der Waals surface area (Å²) in [4.78, 5) is 23.9. The maximum Gasteiger partial charge on any atom is 0.460 e. The van der Waals surface area contributed by atoms with Gasteiger partial charge < -0.3 is 9.47 Å². The summed E-state index contributed by atoms with van der Waals surface area (Å²) in [7, 11) is 0. The molecule has 0 fully saturated rings. The van der Waals surface area contributed by atoms with Gasteiger partial charge in [0.2, 0.25) is 0 Å². The summed E-state index contributed by atoms with van der Waals surface area (Å²) in [6.45, 7) is -0.0575. The normalized spacial score (nSPS) is 12.4. The van der Waals surface area contributed by atoms with E-state index in [1.807, 2.05) is 0 Å². The minimum absolute atomic E-state index is 0.0471. The van der Waals surface area contributed by atoms with Crippen molar-refractivity contribution in [2.45, 2.75) is 115 Å². The van der Waals surface area contributed by atoms with Gasteiger partial charge in [0.15, 0.2) is 6.61 Å². The Balaban J connectivity index is 2.21. The van der Waals surface area contributed by atoms with Crippen molar-refractivity contribution >= 4 is 11.9 Å². The zero-order valence-electron chi connectivity index (χ0n) is 22.4. The lowest BCUT2D eigenvalue weighted by Crippen LogP contribution is -2.54. The monoisotopic (exact) mass is 572 g/mol. The third-order valence-electron chi connectivity index (χ3n) is 6.29. The minimum atomic E-state index is -6.52. The Labute approximate surface area is 225 Å². The standard InChI is InChI=1S/C28H39F7O4/c1-2-3-4-5-6-7-8-9-10-11-12-13-14-15-20-38-24(36)22-16-18-23(19-17-22)25(37)39-21-26(29,30)27(31,32)28(33,34)35/h16-19H,2-15,20-21H2,1H3. The van der Waals surface area contributed by atoms with Crippen LogP contribution in [0.4, 0.5) is 30.7 Å². The number of benzene rings is 1. The van der Waals surface area contributed by atoms with E-state index in [4.69, 9.17) is 4.74 Å². The smallest absolute Gasteiger partial charge is 0.460 e. The molecule has 224 valence electrons. The predicted molar refractivity (Wildman–Crippen MR) is 133 cm³/mol. The van der Waals surface area contributed by atoms with E-state index in [-0.39, 0.29) is 12.2 Å². The van der Waals surface area contributed by atoms with Crippen LogP contribution in [0.5, 0.6) is 0 Å². The van der Waals surface area contributed by atoms with Crippen molar-refractivity contribution in [1.82, 2.24) is 0 Å². The molecule has 0 heterocycles. The van der Waals surface area contributed by atoms with Gasteiger partial charge in [-0.1, -0.05) is 90.4 Å². The predicted octanol–water partition coefficient (Wildman–Crippen LogP) is 9.31. The second kappa shape index (κ2) is 17.4. The van der Waals surface area contributed by atoms with Crippen molar-refractivity contribution in [3.8, 4) is 0 Å². The van der Waals surface area contributed by atoms with Crippen LogP contribution in [0, 0.1) is 0 Å². The second-order valence-corrected chi connectivity index (χ2v) is 9.66. The highest BCUT2D eigenvalue weighted by molar-refractivity contribution is 5.93. The summed E-state index contributed by atoms with van der Waals surface area (Å²) in [5.74, 6) is -14.3. The second-order valence-electron chi connectivity index (χ2n) is 9.66. The fraction of sp³-hybridized carbons (Fsp3) is 0.714. The topological polar surface area (TPSA) is 52.6 Å². The molecule has 0 aliphatic heterocycles. The number of hydrogen-bond donors (Lipinski definition) is 0. The average molecular weight is 573 g/mol. The van der Waals surface area contributed by atoms with E-state index in [0.29, 0.717) is 6.42 Å². The molecule has 0 amide bonds. The first-order valence-corrected chi connectivity index (χ1v) is 13.6. The van der Waals surface area contributed by atoms with E-state index in [2.05, 4.69) is 11.7 Å². The first kappa shape index (κ1) is 34.7. The largest absolute Gasteiger partial charge is 0.462 e. The van der Waals surface area contributed by atoms with Crippen molar-refractivity contribution in [2.75, 3.05) is 13.2 Å². The van der Waals surface area contributed by atoms with Crippen LogP contribution in [0.3, 0.4) is 0 Å². The van der Waals surface area contributed by atoms with Crippen molar-refractivity contribution in [2.24, 2.45) is 0 Å². The zero-order chi connectivity index (χ0) is 29.4. The van der Waals surface area contributed by atoms with Crippen molar-refractivity contribution in [3.63, 3.8) is 0 Å². The molecule has 1 aromatic carbocycles. The molecule has 1 rings (SSSR count). The molecule has 11 heteroatoms. The Kier molecular flexibility index (Phi) is 15.5. The van der Waals surface area contributed by atoms with Gasteiger partial charge in [0.25, 0.3) is 0 Å². The Morgan fingerprint density at radius 2 is 0.949 bits per heavy atom. The molecule has 0 unspecified atom stereocenters. The molecule has 0 N–H and O–H groups in total. The van der Waals surface area contributed by atoms with E-state index in [1.165, 1.54) is 64.2 Å². The summed E-state index contributed by atoms with van der Waals surface area (Å²) in [5.41, 5.74) is -0.365. The molecule has 0 saturated heterocycles. The highest BCUT2D eigenvalue weighted by atomic mass is 19.4. The van der Waals surface area contributed by atoms with Crippen molar-refractivity contribution < 1.29 is 49.8 Å². The van der Waals surface area contributed by atoms with Gasteiger partial charge in [-0.2, -0.15) is 30.7 Å². The van der Waals surface area contributed by atoms with Gasteiger partial charge in [0.05, 0.1) is 17.7 Å². The number of ether oxygens (including phenoxy) is 2. The van der Waals surface area contributed by atoms with Gasteiger partial charge in [0, 0.05) is 0 Å². The van der Waals surface area contributed by atoms with E-state index in [9.17, 15) is 40.3 Å². The highest BCUT2D eigenvalue weighted by Crippen LogP contribution is 2.46. The molecule has 1 aromatic rings. The minimum Gasteiger partial charge on any atom is -0.462 e. The van der Waals surface area contributed by atoms with Crippen LogP contribution >= 0.6 is 0 Å². The van der Waals surface area contributed by atoms with Crippen LogP contribution in [-0.2, 0) is 9.47 Å². The van der Waals surface area contributed by atoms with Gasteiger partial charge in [-0.15, -0.1) is 0 Å². The summed E-state index contributed by atoms with van der Waals surface area (Å²) in [6, 6.07) is 4.25. The molecule has 0 atom stereocenters. The number of esters is 2. The lowest BCUT2D eigenvalue weighted by Gasteiger charge is -2.27. The zero-order valence-corrected chi connectivity index (χ0v) is 22.4. The number of halogens is 7. The van der Waals surface area contributed by atoms with Crippen molar-refractivity contribution in [3.05, 3.63) is 35.4 Å². The maximum absolute atomic E-state index is 13.3. The van der Waals surface area contributed by atoms with Crippen LogP contribution in [0.1, 0.15) is 118 Å². The number of carbonyl (C=O) groups excluding carboxylic acids is 2. The van der Waals surface area contributed by atoms with Gasteiger partial charge in [-0.05, 0) is 30.7 Å². The Morgan fingerprint density at radius 1 is 0.590 bits per heavy atom. The van der Waals surface area contributed by atoms with Crippen LogP contribution in [-0.4, -0.2) is 43.2 Å². The van der Waals surface area contributed by atoms with Crippen molar-refractivity contribution in [1.29, 1.82) is 0 Å². The highest BCUT2D eigenvalue weighted by Gasteiger charge is 2.73. The molecule has 0 aromatic heterocycles. The Hall–Kier alpha value is -2.33. The molecule has 0 bridgehead atoms. The maximum atomic E-state index is 13.3. The molecule has 0 radical (unpaired) electrons. The third kappa shape index (κ3) is 12.6. The van der Waals surface area contributed by atoms with Crippen LogP contribution in [0.2, 0.25) is 0 Å². The van der Waals surface area contributed by atoms with Crippen LogP contribution < -0.4 is 0 Å². The van der Waals surface area contributed by atoms with E-state index < -0.39 is 42.1 Å². The van der Waals surface area contributed by atoms with Gasteiger partial charge in [-0.25, -0.2) is 9.59 Å². The molecule has 0 aliphatic rings. The van der Waals surface area contributed by atoms with Crippen LogP contribution in [0.25, 0.3) is 0 Å². The number of rotatable bonds is 20. The number of hydrogen-bond acceptors (Lipinski definition) is 4. The van der Waals surface area contributed by atoms with E-state index >= 15 is 0 Å². The fourth-order valence-corrected chi connectivity index (χ4v) is 3.82. The number of alkyl halides is 7. The van der Waals surface area contributed by atoms with Crippen LogP contribution in [0.15, 0.2) is 24.3 Å². The van der Waals surface area contributed by atoms with Gasteiger partial charge in [0.1, 0.15) is 0 Å². The van der Waals surface area contributed by atoms with E-state index in [0.717, 1.165) is 43.5 Å². The van der Waals surface area contributed by atoms with Gasteiger partial charge >= 0.3 is 30.0 Å². The molecule has 0 saturated carbocycles. The Morgan fingerprint density at radius 3 is 1.33 bits per heavy atom. The summed E-state index contributed by atoms with van der Waals surface area (Å²) in [6.07, 6.45) is 10.1. The summed E-state index contributed by atoms with van der Waals surface area (Å²) in [5, 5.41) is 0. The fourth-order valence-electron chi connectivity index (χ4n) is 3.82. The Bertz CT molecular complexity index is 839. The third-order valence-corrected chi connectivity index (χ3v) is 6.29. The first-order valence-electron chi connectivity index (χ1n) is 13.6. The lowest BCUT2D eigenvalue weighted by atomic mass is 10.0. The molecule has 39 heavy (non-hydrogen) atoms. The number of carbonyl (C=O) groups is 2. The molecule has 4 nitrogen and oxygen atoms in total. The lowest BCUT2D eigenvalue weighted by molar-refractivity contribution is -0.359. The van der Waals surface area contributed by atoms with Gasteiger partial charge in [-0.3, -0.25) is 0 Å². The quantitative estimate of drug-likeness (QED) is 0.0888.